The molecule has 0 bridgehead atoms. The van der Waals surface area contributed by atoms with Crippen LogP contribution >= 0.6 is 0 Å². The molecule has 7 nitrogen and oxygen atoms in total. The Morgan fingerprint density at radius 2 is 0.504 bits per heavy atom. The second-order valence-corrected chi connectivity index (χ2v) is 37.2. The van der Waals surface area contributed by atoms with Crippen LogP contribution in [0.15, 0.2) is 392 Å². The SMILES string of the molecule is CC1=CC2C(=O)c3ccc(C)cc3C(=O)C2C=C1.Cc1ccc(-c2ccc(C)cc2)cc1.Cc1ccc(C(C)(C)c2ccc(C)cc2)cc1.Cc1ccc(C)cc1.Cc1ccc(OCCOc2ccc(C)cc2)cc1.Cc1ccc(Oc2ccc(C)cc2)cc1.Cc1ccc(S(=O)(=O)c2ccc(C)cc2)cc1.Cc1ccc2cc(C)ccc2c1.Cc1ccc2ccc(C)cc2c1. The van der Waals surface area contributed by atoms with Gasteiger partial charge in [0.15, 0.2) is 11.6 Å². The summed E-state index contributed by atoms with van der Waals surface area (Å²) in [5, 5.41) is 5.34. The second-order valence-electron chi connectivity index (χ2n) is 35.2. The van der Waals surface area contributed by atoms with E-state index in [0.717, 1.165) is 45.3 Å². The summed E-state index contributed by atoms with van der Waals surface area (Å²) in [5.41, 5.74) is 28.9. The van der Waals surface area contributed by atoms with Crippen molar-refractivity contribution in [2.75, 3.05) is 13.2 Å². The Morgan fingerprint density at radius 1 is 0.252 bits per heavy atom. The van der Waals surface area contributed by atoms with E-state index in [0.29, 0.717) is 34.1 Å². The summed E-state index contributed by atoms with van der Waals surface area (Å²) >= 11 is 0. The van der Waals surface area contributed by atoms with Gasteiger partial charge in [0.1, 0.15) is 36.2 Å². The molecule has 2 aliphatic rings. The number of carbonyl (C=O) groups excluding carboxylic acids is 2. The summed E-state index contributed by atoms with van der Waals surface area (Å²) in [4.78, 5) is 25.5. The summed E-state index contributed by atoms with van der Waals surface area (Å²) < 4.78 is 41.4. The Labute approximate surface area is 781 Å². The third kappa shape index (κ3) is 31.0. The Bertz CT molecular complexity index is 6210. The number of sulfone groups is 1. The van der Waals surface area contributed by atoms with Crippen LogP contribution < -0.4 is 14.2 Å². The van der Waals surface area contributed by atoms with Crippen molar-refractivity contribution in [3.63, 3.8) is 0 Å². The molecule has 16 aromatic carbocycles. The number of aryl methyl sites for hydroxylation is 17. The maximum atomic E-state index is 12.4. The van der Waals surface area contributed by atoms with Gasteiger partial charge in [-0.1, -0.05) is 411 Å². The summed E-state index contributed by atoms with van der Waals surface area (Å²) in [6.45, 7) is 42.8. The molecule has 0 amide bonds. The Balaban J connectivity index is 0.000000154. The largest absolute Gasteiger partial charge is 0.490 e. The average molecular weight is 1750 g/mol. The number of allylic oxidation sites excluding steroid dienone is 4. The first kappa shape index (κ1) is 99.4. The molecular weight excluding hydrogens is 1620 g/mol. The van der Waals surface area contributed by atoms with E-state index >= 15 is 0 Å². The molecule has 0 saturated heterocycles. The predicted molar refractivity (Wildman–Crippen MR) is 552 cm³/mol. The van der Waals surface area contributed by atoms with E-state index in [1.807, 2.05) is 155 Å². The van der Waals surface area contributed by atoms with Gasteiger partial charge in [0, 0.05) is 16.5 Å². The predicted octanol–water partition coefficient (Wildman–Crippen LogP) is 31.9. The molecule has 0 aromatic heterocycles. The fourth-order valence-corrected chi connectivity index (χ4v) is 15.7. The van der Waals surface area contributed by atoms with Crippen LogP contribution in [0.2, 0.25) is 0 Å². The van der Waals surface area contributed by atoms with Crippen LogP contribution in [0.1, 0.15) is 147 Å². The Morgan fingerprint density at radius 3 is 0.840 bits per heavy atom. The van der Waals surface area contributed by atoms with Crippen molar-refractivity contribution in [3.05, 3.63) is 499 Å². The number of fused-ring (bicyclic) bond motifs is 4. The van der Waals surface area contributed by atoms with Crippen LogP contribution in [0.4, 0.5) is 0 Å². The standard InChI is InChI=1S/C17H20.C16H14O2.C16H18O2.C14H14O2S.C14H14O.C14H14.2C12H12.C8H10/c1-13-5-9-15(10-6-13)17(3,4)16-11-7-14(2)8-12-16;1-9-3-5-11-13(7-9)15(17)12-6-4-10(2)8-14(12)16(11)18;1-13-3-7-15(8-4-13)17-11-12-18-16-9-5-14(2)6-10-16;1-11-3-7-13(8-4-11)17(15,16)14-9-5-12(2)6-10-14;1-11-3-7-13(8-4-11)15-14-9-5-12(2)6-10-14;1-11-3-7-13(8-4-11)14-9-5-12(2)6-10-14;1-9-3-5-12-8-10(2)4-6-11(12)7-9;1-9-3-5-11-6-4-10(2)8-12(11)7-9;1-7-3-5-8(2)6-4-7/h5-12H,1-4H3;3-8,11,13H,1-2H3;3-10H,11-12H2,1-2H3;3-10H,1-2H3;3-10H,1-2H3;3-10H,1-2H3;2*3-8H,1-2H3;3-6H,1-2H3. The summed E-state index contributed by atoms with van der Waals surface area (Å²) in [6, 6.07) is 121. The zero-order valence-corrected chi connectivity index (χ0v) is 80.9. The van der Waals surface area contributed by atoms with E-state index < -0.39 is 9.84 Å². The van der Waals surface area contributed by atoms with Crippen LogP contribution in [-0.2, 0) is 15.3 Å². The van der Waals surface area contributed by atoms with E-state index in [9.17, 15) is 18.0 Å². The fourth-order valence-electron chi connectivity index (χ4n) is 14.5. The number of hydrogen-bond donors (Lipinski definition) is 0. The maximum Gasteiger partial charge on any atom is 0.206 e. The van der Waals surface area contributed by atoms with Gasteiger partial charge in [0.2, 0.25) is 9.84 Å². The zero-order valence-electron chi connectivity index (χ0n) is 80.1. The van der Waals surface area contributed by atoms with E-state index in [-0.39, 0.29) is 28.8 Å². The van der Waals surface area contributed by atoms with Crippen LogP contribution in [0.5, 0.6) is 23.0 Å². The highest BCUT2D eigenvalue weighted by molar-refractivity contribution is 7.91. The van der Waals surface area contributed by atoms with Crippen LogP contribution in [0.25, 0.3) is 32.7 Å². The first-order chi connectivity index (χ1) is 62.6. The van der Waals surface area contributed by atoms with Crippen molar-refractivity contribution >= 4 is 42.9 Å². The number of ether oxygens (including phenoxy) is 3. The molecule has 0 heterocycles. The van der Waals surface area contributed by atoms with Crippen molar-refractivity contribution in [2.24, 2.45) is 11.8 Å². The van der Waals surface area contributed by atoms with E-state index in [1.165, 1.54) is 122 Å². The molecule has 2 atom stereocenters. The minimum absolute atomic E-state index is 0.0679. The first-order valence-electron chi connectivity index (χ1n) is 45.0. The molecule has 0 fully saturated rings. The number of carbonyl (C=O) groups is 2. The van der Waals surface area contributed by atoms with Gasteiger partial charge in [-0.05, 0) is 247 Å². The molecule has 2 aliphatic carbocycles. The van der Waals surface area contributed by atoms with Gasteiger partial charge in [0.05, 0.1) is 21.6 Å². The van der Waals surface area contributed by atoms with Crippen molar-refractivity contribution in [1.82, 2.24) is 0 Å². The number of rotatable bonds is 12. The molecular formula is C123H128O7S. The first-order valence-corrected chi connectivity index (χ1v) is 46.5. The molecule has 0 saturated carbocycles. The second kappa shape index (κ2) is 48.0. The van der Waals surface area contributed by atoms with Crippen molar-refractivity contribution in [1.29, 1.82) is 0 Å². The summed E-state index contributed by atoms with van der Waals surface area (Å²) in [6.07, 6.45) is 5.70. The highest BCUT2D eigenvalue weighted by atomic mass is 32.2. The van der Waals surface area contributed by atoms with Gasteiger partial charge in [-0.2, -0.15) is 0 Å². The quantitative estimate of drug-likeness (QED) is 0.112. The molecule has 8 heteroatoms. The number of hydrogen-bond acceptors (Lipinski definition) is 7. The third-order valence-electron chi connectivity index (χ3n) is 22.8. The lowest BCUT2D eigenvalue weighted by molar-refractivity contribution is 0.0801. The number of benzene rings is 16. The lowest BCUT2D eigenvalue weighted by atomic mass is 9.71. The maximum absolute atomic E-state index is 12.4. The van der Waals surface area contributed by atoms with Crippen LogP contribution in [-0.4, -0.2) is 33.2 Å². The number of Topliss-reactive ketones (excluding diaryl/α,β-unsaturated/α-hetero) is 2. The minimum atomic E-state index is -3.37. The van der Waals surface area contributed by atoms with Gasteiger partial charge in [0.25, 0.3) is 0 Å². The highest BCUT2D eigenvalue weighted by Crippen LogP contribution is 2.37. The van der Waals surface area contributed by atoms with Gasteiger partial charge in [-0.3, -0.25) is 9.59 Å². The third-order valence-corrected chi connectivity index (χ3v) is 24.6. The Hall–Kier alpha value is -13.8. The molecule has 668 valence electrons. The van der Waals surface area contributed by atoms with Crippen LogP contribution in [0, 0.1) is 130 Å². The average Bonchev–Trinajstić information content (AvgIpc) is 0.752. The van der Waals surface area contributed by atoms with E-state index in [4.69, 9.17) is 14.2 Å². The molecule has 2 unspecified atom stereocenters. The van der Waals surface area contributed by atoms with Crippen molar-refractivity contribution in [2.45, 2.75) is 154 Å². The van der Waals surface area contributed by atoms with E-state index in [2.05, 4.69) is 305 Å². The smallest absolute Gasteiger partial charge is 0.206 e. The zero-order chi connectivity index (χ0) is 94.3. The van der Waals surface area contributed by atoms with Gasteiger partial charge in [-0.15, -0.1) is 0 Å². The lowest BCUT2D eigenvalue weighted by Crippen LogP contribution is -2.35. The summed E-state index contributed by atoms with van der Waals surface area (Å²) in [5.74, 6) is 3.04. The van der Waals surface area contributed by atoms with Crippen LogP contribution in [0.3, 0.4) is 0 Å². The molecule has 18 rings (SSSR count). The molecule has 0 aliphatic heterocycles. The van der Waals surface area contributed by atoms with Crippen molar-refractivity contribution < 1.29 is 32.2 Å². The van der Waals surface area contributed by atoms with Crippen molar-refractivity contribution in [3.8, 4) is 34.1 Å². The molecule has 16 aromatic rings. The Kier molecular flexibility index (Phi) is 36.4. The molecule has 131 heavy (non-hydrogen) atoms. The molecule has 0 N–H and O–H groups in total. The summed E-state index contributed by atoms with van der Waals surface area (Å²) in [7, 11) is -3.37. The van der Waals surface area contributed by atoms with Gasteiger partial charge < -0.3 is 14.2 Å². The molecule has 0 spiro atoms. The van der Waals surface area contributed by atoms with E-state index in [1.54, 1.807) is 54.6 Å². The number of ketones is 2. The monoisotopic (exact) mass is 1750 g/mol. The topological polar surface area (TPSA) is 96.0 Å². The highest BCUT2D eigenvalue weighted by Gasteiger charge is 2.40. The minimum Gasteiger partial charge on any atom is -0.490 e. The molecule has 0 radical (unpaired) electrons. The fraction of sp³-hybridized carbons (Fsp3) is 0.203. The normalized spacial score (nSPS) is 12.6. The van der Waals surface area contributed by atoms with Gasteiger partial charge >= 0.3 is 0 Å². The van der Waals surface area contributed by atoms with Gasteiger partial charge in [-0.25, -0.2) is 8.42 Å². The lowest BCUT2D eigenvalue weighted by Gasteiger charge is -2.29.